The van der Waals surface area contributed by atoms with Crippen molar-refractivity contribution in [1.82, 2.24) is 5.32 Å². The predicted molar refractivity (Wildman–Crippen MR) is 101 cm³/mol. The highest BCUT2D eigenvalue weighted by Gasteiger charge is 2.19. The molecule has 5 N–H and O–H groups in total. The van der Waals surface area contributed by atoms with Gasteiger partial charge in [0.2, 0.25) is 11.8 Å². The Labute approximate surface area is 159 Å². The van der Waals surface area contributed by atoms with Crippen molar-refractivity contribution in [2.24, 2.45) is 11.5 Å². The van der Waals surface area contributed by atoms with Crippen molar-refractivity contribution in [1.29, 1.82) is 0 Å². The molecule has 0 radical (unpaired) electrons. The number of nitrogens with one attached hydrogen (secondary N) is 1. The highest BCUT2D eigenvalue weighted by atomic mass is 16.7. The summed E-state index contributed by atoms with van der Waals surface area (Å²) in [6.07, 6.45) is -1.10. The molecule has 0 fully saturated rings. The van der Waals surface area contributed by atoms with Gasteiger partial charge in [-0.25, -0.2) is 4.79 Å². The molecule has 0 aromatic heterocycles. The third-order valence-corrected chi connectivity index (χ3v) is 3.88. The third-order valence-electron chi connectivity index (χ3n) is 3.88. The van der Waals surface area contributed by atoms with Gasteiger partial charge in [-0.3, -0.25) is 9.59 Å². The minimum absolute atomic E-state index is 0.0449. The molecule has 0 spiro atoms. The largest absolute Gasteiger partial charge is 0.513 e. The van der Waals surface area contributed by atoms with Crippen molar-refractivity contribution in [3.8, 4) is 5.75 Å². The molecule has 0 aliphatic carbocycles. The van der Waals surface area contributed by atoms with Crippen LogP contribution >= 0.6 is 0 Å². The maximum absolute atomic E-state index is 12.0. The lowest BCUT2D eigenvalue weighted by atomic mass is 9.94. The zero-order chi connectivity index (χ0) is 20.6. The topological polar surface area (TPSA) is 134 Å². The fourth-order valence-electron chi connectivity index (χ4n) is 2.46. The second-order valence-electron chi connectivity index (χ2n) is 6.84. The Hall–Kier alpha value is -2.61. The number of benzene rings is 1. The lowest BCUT2D eigenvalue weighted by Crippen LogP contribution is -2.44. The summed E-state index contributed by atoms with van der Waals surface area (Å²) in [4.78, 5) is 34.4. The van der Waals surface area contributed by atoms with Crippen LogP contribution in [0.5, 0.6) is 5.75 Å². The van der Waals surface area contributed by atoms with Crippen molar-refractivity contribution in [3.05, 3.63) is 29.3 Å². The van der Waals surface area contributed by atoms with Crippen molar-refractivity contribution in [2.45, 2.75) is 52.0 Å². The van der Waals surface area contributed by atoms with Gasteiger partial charge < -0.3 is 26.3 Å². The highest BCUT2D eigenvalue weighted by Crippen LogP contribution is 2.34. The molecule has 0 saturated heterocycles. The summed E-state index contributed by atoms with van der Waals surface area (Å²) < 4.78 is 10.5. The van der Waals surface area contributed by atoms with Gasteiger partial charge in [0.1, 0.15) is 12.4 Å². The number of hydrogen-bond donors (Lipinski definition) is 3. The van der Waals surface area contributed by atoms with E-state index in [-0.39, 0.29) is 31.4 Å². The van der Waals surface area contributed by atoms with Gasteiger partial charge in [0.05, 0.1) is 19.0 Å². The van der Waals surface area contributed by atoms with Crippen LogP contribution in [0.1, 0.15) is 57.1 Å². The van der Waals surface area contributed by atoms with Gasteiger partial charge in [-0.2, -0.15) is 0 Å². The molecule has 8 heteroatoms. The van der Waals surface area contributed by atoms with Crippen molar-refractivity contribution in [2.75, 3.05) is 13.2 Å². The number of hydrogen-bond acceptors (Lipinski definition) is 6. The van der Waals surface area contributed by atoms with Gasteiger partial charge in [0.15, 0.2) is 0 Å². The standard InChI is InChI=1S/C19H29N3O5/c1-11(2)13-6-5-7-14(12(3)4)17(13)27-19(25)26-9-8-22-18(24)15(20)10-16(21)23/h5-7,11-12,15H,8-10,20H2,1-4H3,(H2,21,23)(H,22,24)/t15-/m0/s1. The summed E-state index contributed by atoms with van der Waals surface area (Å²) in [5.74, 6) is -0.338. The summed E-state index contributed by atoms with van der Waals surface area (Å²) in [7, 11) is 0. The lowest BCUT2D eigenvalue weighted by molar-refractivity contribution is -0.126. The van der Waals surface area contributed by atoms with Crippen LogP contribution in [0.15, 0.2) is 18.2 Å². The Balaban J connectivity index is 2.58. The molecule has 0 aliphatic rings. The number of nitrogens with two attached hydrogens (primary N) is 2. The normalized spacial score (nSPS) is 12.0. The van der Waals surface area contributed by atoms with Gasteiger partial charge in [0, 0.05) is 0 Å². The molecule has 0 heterocycles. The first kappa shape index (κ1) is 22.4. The summed E-state index contributed by atoms with van der Waals surface area (Å²) in [5, 5.41) is 2.46. The molecule has 0 aliphatic heterocycles. The number of ether oxygens (including phenoxy) is 2. The van der Waals surface area contributed by atoms with Gasteiger partial charge in [-0.05, 0) is 23.0 Å². The van der Waals surface area contributed by atoms with E-state index in [1.54, 1.807) is 0 Å². The number of carbonyl (C=O) groups is 3. The Kier molecular flexibility index (Phi) is 8.74. The minimum atomic E-state index is -1.03. The first-order valence-corrected chi connectivity index (χ1v) is 8.92. The van der Waals surface area contributed by atoms with Crippen molar-refractivity contribution < 1.29 is 23.9 Å². The van der Waals surface area contributed by atoms with Gasteiger partial charge in [-0.15, -0.1) is 0 Å². The smallest absolute Gasteiger partial charge is 0.432 e. The summed E-state index contributed by atoms with van der Waals surface area (Å²) in [6.45, 7) is 8.02. The minimum Gasteiger partial charge on any atom is -0.432 e. The lowest BCUT2D eigenvalue weighted by Gasteiger charge is -2.18. The van der Waals surface area contributed by atoms with E-state index in [0.29, 0.717) is 5.75 Å². The van der Waals surface area contributed by atoms with Gasteiger partial charge in [-0.1, -0.05) is 45.9 Å². The van der Waals surface area contributed by atoms with Crippen LogP contribution in [0.2, 0.25) is 0 Å². The van der Waals surface area contributed by atoms with Gasteiger partial charge in [0.25, 0.3) is 0 Å². The molecule has 1 aromatic rings. The third kappa shape index (κ3) is 7.26. The quantitative estimate of drug-likeness (QED) is 0.340. The van der Waals surface area contributed by atoms with Crippen molar-refractivity contribution >= 4 is 18.0 Å². The average Bonchev–Trinajstić information content (AvgIpc) is 2.57. The monoisotopic (exact) mass is 379 g/mol. The van der Waals surface area contributed by atoms with Gasteiger partial charge >= 0.3 is 6.16 Å². The Morgan fingerprint density at radius 2 is 1.63 bits per heavy atom. The van der Waals surface area contributed by atoms with Crippen LogP contribution in [-0.2, 0) is 14.3 Å². The van der Waals surface area contributed by atoms with Crippen LogP contribution < -0.4 is 21.5 Å². The van der Waals surface area contributed by atoms with E-state index in [4.69, 9.17) is 20.9 Å². The Morgan fingerprint density at radius 1 is 1.07 bits per heavy atom. The predicted octanol–water partition coefficient (Wildman–Crippen LogP) is 1.77. The van der Waals surface area contributed by atoms with Crippen LogP contribution in [0, 0.1) is 0 Å². The molecule has 8 nitrogen and oxygen atoms in total. The highest BCUT2D eigenvalue weighted by molar-refractivity contribution is 5.87. The number of rotatable bonds is 9. The molecule has 0 saturated carbocycles. The molecule has 1 aromatic carbocycles. The van der Waals surface area contributed by atoms with E-state index in [1.807, 2.05) is 45.9 Å². The van der Waals surface area contributed by atoms with E-state index in [0.717, 1.165) is 11.1 Å². The van der Waals surface area contributed by atoms with E-state index >= 15 is 0 Å². The summed E-state index contributed by atoms with van der Waals surface area (Å²) >= 11 is 0. The van der Waals surface area contributed by atoms with Crippen LogP contribution in [0.3, 0.4) is 0 Å². The van der Waals surface area contributed by atoms with E-state index < -0.39 is 24.0 Å². The number of carbonyl (C=O) groups excluding carboxylic acids is 3. The maximum Gasteiger partial charge on any atom is 0.513 e. The number of amides is 2. The first-order chi connectivity index (χ1) is 12.6. The molecule has 1 rings (SSSR count). The van der Waals surface area contributed by atoms with Crippen LogP contribution in [-0.4, -0.2) is 37.2 Å². The molecule has 2 amide bonds. The molecule has 27 heavy (non-hydrogen) atoms. The van der Waals surface area contributed by atoms with Crippen LogP contribution in [0.4, 0.5) is 4.79 Å². The van der Waals surface area contributed by atoms with E-state index in [1.165, 1.54) is 0 Å². The van der Waals surface area contributed by atoms with E-state index in [2.05, 4.69) is 5.32 Å². The van der Waals surface area contributed by atoms with Crippen LogP contribution in [0.25, 0.3) is 0 Å². The van der Waals surface area contributed by atoms with Crippen molar-refractivity contribution in [3.63, 3.8) is 0 Å². The SMILES string of the molecule is CC(C)c1cccc(C(C)C)c1OC(=O)OCCNC(=O)[C@@H](N)CC(N)=O. The zero-order valence-electron chi connectivity index (χ0n) is 16.3. The number of para-hydroxylation sites is 1. The molecule has 1 atom stereocenters. The first-order valence-electron chi connectivity index (χ1n) is 8.92. The Bertz CT molecular complexity index is 647. The summed E-state index contributed by atoms with van der Waals surface area (Å²) in [5.41, 5.74) is 12.3. The summed E-state index contributed by atoms with van der Waals surface area (Å²) in [6, 6.07) is 4.74. The fraction of sp³-hybridized carbons (Fsp3) is 0.526. The maximum atomic E-state index is 12.0. The molecular weight excluding hydrogens is 350 g/mol. The second kappa shape index (κ2) is 10.5. The molecule has 150 valence electrons. The average molecular weight is 379 g/mol. The Morgan fingerprint density at radius 3 is 2.11 bits per heavy atom. The second-order valence-corrected chi connectivity index (χ2v) is 6.84. The zero-order valence-corrected chi connectivity index (χ0v) is 16.3. The molecule has 0 unspecified atom stereocenters. The molecule has 0 bridgehead atoms. The molecular formula is C19H29N3O5. The fourth-order valence-corrected chi connectivity index (χ4v) is 2.46. The number of primary amides is 1. The van der Waals surface area contributed by atoms with E-state index in [9.17, 15) is 14.4 Å².